The van der Waals surface area contributed by atoms with Crippen molar-refractivity contribution in [1.82, 2.24) is 19.9 Å². The summed E-state index contributed by atoms with van der Waals surface area (Å²) in [4.78, 5) is 28.4. The number of rotatable bonds is 5. The highest BCUT2D eigenvalue weighted by atomic mass is 16.5. The summed E-state index contributed by atoms with van der Waals surface area (Å²) in [5.74, 6) is 0. The van der Waals surface area contributed by atoms with E-state index in [9.17, 15) is 9.90 Å². The Balaban J connectivity index is 1.44. The molecule has 190 valence electrons. The van der Waals surface area contributed by atoms with Gasteiger partial charge in [-0.1, -0.05) is 6.07 Å². The molecule has 0 unspecified atom stereocenters. The van der Waals surface area contributed by atoms with Crippen molar-refractivity contribution in [3.63, 3.8) is 0 Å². The molecule has 1 atom stereocenters. The summed E-state index contributed by atoms with van der Waals surface area (Å²) in [5, 5.41) is 11.1. The lowest BCUT2D eigenvalue weighted by atomic mass is 9.86. The third-order valence-corrected chi connectivity index (χ3v) is 7.76. The van der Waals surface area contributed by atoms with Gasteiger partial charge in [-0.25, -0.2) is 9.78 Å². The number of ether oxygens (including phenoxy) is 1. The molecule has 0 saturated carbocycles. The quantitative estimate of drug-likeness (QED) is 0.380. The van der Waals surface area contributed by atoms with E-state index in [-0.39, 0.29) is 6.04 Å². The van der Waals surface area contributed by atoms with E-state index >= 15 is 0 Å². The van der Waals surface area contributed by atoms with Gasteiger partial charge in [0.25, 0.3) is 0 Å². The molecule has 2 N–H and O–H groups in total. The summed E-state index contributed by atoms with van der Waals surface area (Å²) in [7, 11) is 1.68. The Morgan fingerprint density at radius 3 is 2.92 bits per heavy atom. The topological polar surface area (TPSA) is 94.6 Å². The number of benzene rings is 1. The second-order valence-corrected chi connectivity index (χ2v) is 10.0. The number of carbonyl (C=O) groups is 1. The van der Waals surface area contributed by atoms with E-state index in [0.717, 1.165) is 77.0 Å². The zero-order valence-electron chi connectivity index (χ0n) is 21.2. The van der Waals surface area contributed by atoms with Crippen LogP contribution in [0.3, 0.4) is 0 Å². The van der Waals surface area contributed by atoms with Crippen LogP contribution in [0.1, 0.15) is 46.8 Å². The number of fused-ring (bicyclic) bond motifs is 2. The van der Waals surface area contributed by atoms with Gasteiger partial charge in [0.15, 0.2) is 0 Å². The predicted molar refractivity (Wildman–Crippen MR) is 143 cm³/mol. The van der Waals surface area contributed by atoms with Crippen LogP contribution in [0.4, 0.5) is 10.5 Å². The van der Waals surface area contributed by atoms with Crippen molar-refractivity contribution >= 4 is 22.8 Å². The first-order valence-corrected chi connectivity index (χ1v) is 12.8. The first kappa shape index (κ1) is 23.5. The fourth-order valence-corrected chi connectivity index (χ4v) is 5.88. The Bertz CT molecular complexity index is 1480. The normalized spacial score (nSPS) is 17.4. The third kappa shape index (κ3) is 4.31. The molecule has 0 bridgehead atoms. The van der Waals surface area contributed by atoms with Gasteiger partial charge in [-0.2, -0.15) is 0 Å². The molecule has 2 aliphatic rings. The summed E-state index contributed by atoms with van der Waals surface area (Å²) < 4.78 is 5.28. The lowest BCUT2D eigenvalue weighted by Gasteiger charge is -2.35. The van der Waals surface area contributed by atoms with Gasteiger partial charge in [0.05, 0.1) is 18.3 Å². The van der Waals surface area contributed by atoms with Crippen LogP contribution in [0, 0.1) is 6.92 Å². The van der Waals surface area contributed by atoms with E-state index in [1.54, 1.807) is 12.0 Å². The van der Waals surface area contributed by atoms with Crippen LogP contribution in [0.2, 0.25) is 0 Å². The molecule has 1 saturated heterocycles. The smallest absolute Gasteiger partial charge is 0.407 e. The number of nitrogens with one attached hydrogen (secondary N) is 1. The maximum atomic E-state index is 12.1. The highest BCUT2D eigenvalue weighted by Crippen LogP contribution is 2.40. The number of nitrogens with zero attached hydrogens (tertiary/aromatic N) is 4. The number of aromatic amines is 1. The van der Waals surface area contributed by atoms with Crippen molar-refractivity contribution < 1.29 is 14.6 Å². The molecule has 37 heavy (non-hydrogen) atoms. The first-order valence-electron chi connectivity index (χ1n) is 12.8. The van der Waals surface area contributed by atoms with Gasteiger partial charge in [0, 0.05) is 62.0 Å². The van der Waals surface area contributed by atoms with Crippen LogP contribution < -0.4 is 4.90 Å². The van der Waals surface area contributed by atoms with Gasteiger partial charge in [-0.3, -0.25) is 4.98 Å². The van der Waals surface area contributed by atoms with E-state index in [4.69, 9.17) is 4.74 Å². The molecule has 1 fully saturated rings. The minimum absolute atomic E-state index is 0.140. The van der Waals surface area contributed by atoms with Crippen molar-refractivity contribution in [3.05, 3.63) is 76.9 Å². The highest BCUT2D eigenvalue weighted by molar-refractivity contribution is 5.84. The zero-order valence-corrected chi connectivity index (χ0v) is 21.2. The number of carboxylic acid groups (broad SMARTS) is 1. The molecule has 5 heterocycles. The van der Waals surface area contributed by atoms with E-state index < -0.39 is 6.09 Å². The van der Waals surface area contributed by atoms with Gasteiger partial charge in [-0.15, -0.1) is 0 Å². The van der Waals surface area contributed by atoms with Crippen LogP contribution >= 0.6 is 0 Å². The molecule has 1 aromatic carbocycles. The molecular weight excluding hydrogens is 466 g/mol. The fourth-order valence-electron chi connectivity index (χ4n) is 5.88. The number of amides is 1. The maximum absolute atomic E-state index is 12.1. The molecule has 8 heteroatoms. The minimum Gasteiger partial charge on any atom is -0.465 e. The van der Waals surface area contributed by atoms with Gasteiger partial charge >= 0.3 is 6.09 Å². The van der Waals surface area contributed by atoms with Gasteiger partial charge in [-0.05, 0) is 78.3 Å². The van der Waals surface area contributed by atoms with Crippen LogP contribution in [-0.2, 0) is 24.3 Å². The number of hydrogen-bond acceptors (Lipinski definition) is 5. The van der Waals surface area contributed by atoms with Crippen molar-refractivity contribution in [1.29, 1.82) is 0 Å². The summed E-state index contributed by atoms with van der Waals surface area (Å²) >= 11 is 0. The molecular formula is C29H31N5O3. The number of H-pyrrole nitrogens is 1. The zero-order chi connectivity index (χ0) is 25.5. The van der Waals surface area contributed by atoms with Crippen molar-refractivity contribution in [3.8, 4) is 11.1 Å². The summed E-state index contributed by atoms with van der Waals surface area (Å²) in [6.07, 6.45) is 7.48. The Morgan fingerprint density at radius 1 is 1.19 bits per heavy atom. The highest BCUT2D eigenvalue weighted by Gasteiger charge is 2.33. The average Bonchev–Trinajstić information content (AvgIpc) is 3.55. The Labute approximate surface area is 215 Å². The molecule has 4 aromatic rings. The van der Waals surface area contributed by atoms with Gasteiger partial charge in [0.2, 0.25) is 0 Å². The Morgan fingerprint density at radius 2 is 2.08 bits per heavy atom. The van der Waals surface area contributed by atoms with Crippen molar-refractivity contribution in [2.24, 2.45) is 0 Å². The number of pyridine rings is 2. The van der Waals surface area contributed by atoms with E-state index in [2.05, 4.69) is 51.0 Å². The van der Waals surface area contributed by atoms with Crippen molar-refractivity contribution in [2.45, 2.75) is 45.4 Å². The molecule has 0 aliphatic carbocycles. The molecule has 1 amide bonds. The SMILES string of the molecule is COCc1cc(N2CCc3cc(-c4cnc5[nH]cc(C)c5c4)cc([C@@H]4CCCN4C(=O)O)c3C2)ccn1. The standard InChI is InChI=1S/C29H31N5O3/c1-18-14-31-28-24(18)12-21(15-32-28)20-10-19-6-9-33(23-5-7-30-22(13-23)17-37-2)16-26(19)25(11-20)27-4-3-8-34(27)29(35)36/h5,7,10-15,27H,3-4,6,8-9,16-17H2,1-2H3,(H,31,32)(H,35,36)/t27-/m0/s1. The lowest BCUT2D eigenvalue weighted by molar-refractivity contribution is 0.140. The van der Waals surface area contributed by atoms with E-state index in [0.29, 0.717) is 13.2 Å². The largest absolute Gasteiger partial charge is 0.465 e. The molecule has 0 spiro atoms. The number of hydrogen-bond donors (Lipinski definition) is 2. The van der Waals surface area contributed by atoms with Gasteiger partial charge < -0.3 is 24.6 Å². The molecule has 6 rings (SSSR count). The number of aromatic nitrogens is 3. The van der Waals surface area contributed by atoms with Crippen LogP contribution in [0.15, 0.2) is 48.9 Å². The Hall–Kier alpha value is -3.91. The fraction of sp³-hybridized carbons (Fsp3) is 0.345. The molecule has 2 aliphatic heterocycles. The molecule has 8 nitrogen and oxygen atoms in total. The average molecular weight is 498 g/mol. The summed E-state index contributed by atoms with van der Waals surface area (Å²) in [6.45, 7) is 4.75. The maximum Gasteiger partial charge on any atom is 0.407 e. The lowest BCUT2D eigenvalue weighted by Crippen LogP contribution is -2.34. The van der Waals surface area contributed by atoms with Crippen LogP contribution in [0.25, 0.3) is 22.2 Å². The number of aryl methyl sites for hydroxylation is 1. The Kier molecular flexibility index (Phi) is 6.04. The third-order valence-electron chi connectivity index (χ3n) is 7.76. The summed E-state index contributed by atoms with van der Waals surface area (Å²) in [5.41, 5.74) is 9.86. The molecule has 0 radical (unpaired) electrons. The van der Waals surface area contributed by atoms with Crippen LogP contribution in [-0.4, -0.2) is 51.3 Å². The minimum atomic E-state index is -0.848. The van der Waals surface area contributed by atoms with E-state index in [1.165, 1.54) is 11.1 Å². The second-order valence-electron chi connectivity index (χ2n) is 10.0. The molecule has 3 aromatic heterocycles. The van der Waals surface area contributed by atoms with Crippen molar-refractivity contribution in [2.75, 3.05) is 25.1 Å². The number of likely N-dealkylation sites (tertiary alicyclic amines) is 1. The van der Waals surface area contributed by atoms with Gasteiger partial charge in [0.1, 0.15) is 5.65 Å². The predicted octanol–water partition coefficient (Wildman–Crippen LogP) is 5.46. The number of anilines is 1. The number of methoxy groups -OCH3 is 1. The monoisotopic (exact) mass is 497 g/mol. The van der Waals surface area contributed by atoms with Crippen LogP contribution in [0.5, 0.6) is 0 Å². The van der Waals surface area contributed by atoms with E-state index in [1.807, 2.05) is 24.7 Å². The second kappa shape index (κ2) is 9.52. The summed E-state index contributed by atoms with van der Waals surface area (Å²) in [6, 6.07) is 10.7. The first-order chi connectivity index (χ1) is 18.0.